The Morgan fingerprint density at radius 2 is 1.56 bits per heavy atom. The normalized spacial score (nSPS) is 22.3. The fraction of sp³-hybridized carbons (Fsp3) is 0.510. The molecule has 8 rings (SSSR count). The summed E-state index contributed by atoms with van der Waals surface area (Å²) < 4.78 is 11.1. The maximum absolute atomic E-state index is 13.7. The Kier molecular flexibility index (Phi) is 14.7. The summed E-state index contributed by atoms with van der Waals surface area (Å²) >= 11 is 0. The first-order valence-corrected chi connectivity index (χ1v) is 22.1. The predicted molar refractivity (Wildman–Crippen MR) is 238 cm³/mol. The van der Waals surface area contributed by atoms with Crippen molar-refractivity contribution in [3.63, 3.8) is 0 Å². The fourth-order valence-electron chi connectivity index (χ4n) is 9.24. The number of hydrogen-bond donors (Lipinski definition) is 4. The van der Waals surface area contributed by atoms with Gasteiger partial charge >= 0.3 is 0 Å². The van der Waals surface area contributed by atoms with Crippen molar-refractivity contribution in [3.05, 3.63) is 122 Å². The zero-order valence-electron chi connectivity index (χ0n) is 35.7. The molecule has 2 saturated carbocycles. The molecule has 1 amide bonds. The molecule has 5 N–H and O–H groups in total. The summed E-state index contributed by atoms with van der Waals surface area (Å²) in [4.78, 5) is 34.0. The van der Waals surface area contributed by atoms with Gasteiger partial charge in [0.05, 0.1) is 13.2 Å². The molecule has 0 radical (unpaired) electrons. The lowest BCUT2D eigenvalue weighted by molar-refractivity contribution is 0.0342. The van der Waals surface area contributed by atoms with Gasteiger partial charge in [0, 0.05) is 98.5 Å². The zero-order chi connectivity index (χ0) is 41.3. The second-order valence-electron chi connectivity index (χ2n) is 17.1. The Morgan fingerprint density at radius 3 is 2.24 bits per heavy atom. The number of amides is 1. The van der Waals surface area contributed by atoms with Crippen LogP contribution in [-0.2, 0) is 22.6 Å². The Hall–Kier alpha value is -4.32. The van der Waals surface area contributed by atoms with E-state index in [0.29, 0.717) is 29.3 Å². The average Bonchev–Trinajstić information content (AvgIpc) is 4.03. The van der Waals surface area contributed by atoms with E-state index in [1.54, 1.807) is 0 Å². The highest BCUT2D eigenvalue weighted by Crippen LogP contribution is 2.41. The van der Waals surface area contributed by atoms with Crippen LogP contribution in [0.4, 0.5) is 5.69 Å². The van der Waals surface area contributed by atoms with Crippen LogP contribution >= 0.6 is 0 Å². The van der Waals surface area contributed by atoms with Gasteiger partial charge in [0.15, 0.2) is 0 Å². The van der Waals surface area contributed by atoms with Gasteiger partial charge in [-0.1, -0.05) is 54.6 Å². The molecule has 10 heteroatoms. The largest absolute Gasteiger partial charge is 0.381 e. The standard InChI is InChI=1S/C34H44N4O4.C15H22N2/c1-5-38(29-10-14-41-15-11-29)32-20-28(27-8-6-26(7-9-27)22-37-12-16-42-17-13-37)19-30(25(32)4)33(39)35-21-31-23(2)18-24(3)36-34(31)40;16-12-6-8-13(9-7-12)17-15-10-14(15)11-4-2-1-3-5-11/h6-9,18-20,29H,5,10-17,21-22H2,1-4H3,(H,35,39)(H,36,40);1-5,12-15,17H,6-10,16H2. The fourth-order valence-corrected chi connectivity index (χ4v) is 9.24. The van der Waals surface area contributed by atoms with Crippen LogP contribution in [0.2, 0.25) is 0 Å². The summed E-state index contributed by atoms with van der Waals surface area (Å²) in [5.41, 5.74) is 15.5. The van der Waals surface area contributed by atoms with E-state index in [0.717, 1.165) is 111 Å². The van der Waals surface area contributed by atoms with Crippen LogP contribution in [0.1, 0.15) is 102 Å². The van der Waals surface area contributed by atoms with Gasteiger partial charge in [0.1, 0.15) is 0 Å². The topological polar surface area (TPSA) is 125 Å². The summed E-state index contributed by atoms with van der Waals surface area (Å²) in [5.74, 6) is 0.578. The van der Waals surface area contributed by atoms with Crippen molar-refractivity contribution >= 4 is 11.6 Å². The molecule has 3 heterocycles. The number of ether oxygens (including phenoxy) is 2. The maximum Gasteiger partial charge on any atom is 0.253 e. The Balaban J connectivity index is 0.000000257. The monoisotopic (exact) mass is 803 g/mol. The number of hydrogen-bond acceptors (Lipinski definition) is 8. The quantitative estimate of drug-likeness (QED) is 0.119. The van der Waals surface area contributed by atoms with Crippen LogP contribution < -0.4 is 26.8 Å². The molecule has 2 aliphatic carbocycles. The minimum atomic E-state index is -0.179. The highest BCUT2D eigenvalue weighted by Gasteiger charge is 2.39. The molecular weight excluding hydrogens is 737 g/mol. The van der Waals surface area contributed by atoms with Gasteiger partial charge in [-0.3, -0.25) is 14.5 Å². The van der Waals surface area contributed by atoms with Crippen LogP contribution in [0.15, 0.2) is 77.6 Å². The number of nitrogens with two attached hydrogens (primary N) is 1. The molecule has 59 heavy (non-hydrogen) atoms. The van der Waals surface area contributed by atoms with E-state index in [1.807, 2.05) is 32.9 Å². The number of nitrogens with zero attached hydrogens (tertiary/aromatic N) is 2. The number of nitrogens with one attached hydrogen (secondary N) is 3. The first-order valence-electron chi connectivity index (χ1n) is 22.1. The minimum absolute atomic E-state index is 0.159. The SMILES string of the molecule is CCN(c1cc(-c2ccc(CN3CCOCC3)cc2)cc(C(=O)NCc2c(C)cc(C)[nH]c2=O)c1C)C1CCOCC1.NC1CCC(NC2CC2c2ccccc2)CC1. The third-order valence-electron chi connectivity index (χ3n) is 12.9. The number of H-pyrrole nitrogens is 1. The van der Waals surface area contributed by atoms with E-state index in [4.69, 9.17) is 15.2 Å². The predicted octanol–water partition coefficient (Wildman–Crippen LogP) is 7.14. The molecule has 3 aromatic carbocycles. The molecule has 316 valence electrons. The molecule has 0 bridgehead atoms. The second-order valence-corrected chi connectivity index (χ2v) is 17.1. The van der Waals surface area contributed by atoms with Crippen molar-refractivity contribution < 1.29 is 14.3 Å². The van der Waals surface area contributed by atoms with Crippen LogP contribution in [0.25, 0.3) is 11.1 Å². The summed E-state index contributed by atoms with van der Waals surface area (Å²) in [6, 6.07) is 28.0. The van der Waals surface area contributed by atoms with E-state index in [-0.39, 0.29) is 18.0 Å². The van der Waals surface area contributed by atoms with Crippen molar-refractivity contribution in [1.29, 1.82) is 0 Å². The van der Waals surface area contributed by atoms with Crippen molar-refractivity contribution in [2.45, 2.75) is 116 Å². The first-order chi connectivity index (χ1) is 28.7. The average molecular weight is 803 g/mol. The number of aromatic nitrogens is 1. The molecule has 2 atom stereocenters. The lowest BCUT2D eigenvalue weighted by Gasteiger charge is -2.37. The van der Waals surface area contributed by atoms with Crippen LogP contribution in [0, 0.1) is 20.8 Å². The lowest BCUT2D eigenvalue weighted by Crippen LogP contribution is -2.40. The molecule has 4 aliphatic rings. The molecule has 10 nitrogen and oxygen atoms in total. The van der Waals surface area contributed by atoms with Gasteiger partial charge in [0.2, 0.25) is 0 Å². The van der Waals surface area contributed by atoms with Gasteiger partial charge in [-0.2, -0.15) is 0 Å². The van der Waals surface area contributed by atoms with Crippen molar-refractivity contribution in [2.75, 3.05) is 51.0 Å². The van der Waals surface area contributed by atoms with Crippen molar-refractivity contribution in [1.82, 2.24) is 20.5 Å². The number of benzene rings is 3. The number of morpholine rings is 1. The van der Waals surface area contributed by atoms with Gasteiger partial charge in [-0.05, 0) is 124 Å². The third kappa shape index (κ3) is 11.3. The number of pyridine rings is 1. The van der Waals surface area contributed by atoms with Crippen LogP contribution in [0.3, 0.4) is 0 Å². The smallest absolute Gasteiger partial charge is 0.253 e. The highest BCUT2D eigenvalue weighted by atomic mass is 16.5. The number of rotatable bonds is 12. The molecule has 2 saturated heterocycles. The molecule has 4 fully saturated rings. The lowest BCUT2D eigenvalue weighted by atomic mass is 9.92. The van der Waals surface area contributed by atoms with Crippen molar-refractivity contribution in [3.8, 4) is 11.1 Å². The number of anilines is 1. The zero-order valence-corrected chi connectivity index (χ0v) is 35.7. The molecule has 2 aliphatic heterocycles. The Morgan fingerprint density at radius 1 is 0.864 bits per heavy atom. The summed E-state index contributed by atoms with van der Waals surface area (Å²) in [5, 5.41) is 6.85. The van der Waals surface area contributed by atoms with Gasteiger partial charge in [-0.15, -0.1) is 0 Å². The van der Waals surface area contributed by atoms with Crippen LogP contribution in [0.5, 0.6) is 0 Å². The van der Waals surface area contributed by atoms with E-state index >= 15 is 0 Å². The summed E-state index contributed by atoms with van der Waals surface area (Å²) in [6.07, 6.45) is 8.15. The van der Waals surface area contributed by atoms with E-state index in [1.165, 1.54) is 43.2 Å². The molecule has 2 unspecified atom stereocenters. The van der Waals surface area contributed by atoms with E-state index < -0.39 is 0 Å². The minimum Gasteiger partial charge on any atom is -0.381 e. The Bertz CT molecular complexity index is 2030. The number of carbonyl (C=O) groups is 1. The maximum atomic E-state index is 13.7. The van der Waals surface area contributed by atoms with E-state index in [2.05, 4.69) is 93.0 Å². The first kappa shape index (κ1) is 42.8. The van der Waals surface area contributed by atoms with Crippen LogP contribution in [-0.4, -0.2) is 86.0 Å². The molecule has 1 aromatic heterocycles. The van der Waals surface area contributed by atoms with Gasteiger partial charge in [0.25, 0.3) is 11.5 Å². The van der Waals surface area contributed by atoms with Gasteiger partial charge in [-0.25, -0.2) is 0 Å². The summed E-state index contributed by atoms with van der Waals surface area (Å²) in [6.45, 7) is 14.9. The Labute approximate surface area is 351 Å². The summed E-state index contributed by atoms with van der Waals surface area (Å²) in [7, 11) is 0. The second kappa shape index (κ2) is 20.3. The molecular formula is C49H66N6O4. The molecule has 0 spiro atoms. The highest BCUT2D eigenvalue weighted by molar-refractivity contribution is 5.99. The number of aryl methyl sites for hydroxylation is 2. The number of carbonyl (C=O) groups excluding carboxylic acids is 1. The van der Waals surface area contributed by atoms with E-state index in [9.17, 15) is 9.59 Å². The number of aromatic amines is 1. The van der Waals surface area contributed by atoms with Crippen molar-refractivity contribution in [2.24, 2.45) is 5.73 Å². The molecule has 4 aromatic rings. The third-order valence-corrected chi connectivity index (χ3v) is 12.9. The van der Waals surface area contributed by atoms with Gasteiger partial charge < -0.3 is 35.7 Å².